The molecule has 12 heteroatoms. The first kappa shape index (κ1) is 19.4. The molecule has 0 atom stereocenters. The molecule has 6 nitrogen and oxygen atoms in total. The summed E-state index contributed by atoms with van der Waals surface area (Å²) in [5.41, 5.74) is 5.00. The van der Waals surface area contributed by atoms with Gasteiger partial charge in [-0.1, -0.05) is 0 Å². The number of carbonyl (C=O) groups excluding carboxylic acids is 1. The Balaban J connectivity index is 2.58. The van der Waals surface area contributed by atoms with E-state index in [9.17, 15) is 35.3 Å². The fourth-order valence-corrected chi connectivity index (χ4v) is 2.86. The van der Waals surface area contributed by atoms with Gasteiger partial charge in [-0.3, -0.25) is 0 Å². The number of anilines is 1. The Labute approximate surface area is 151 Å². The van der Waals surface area contributed by atoms with Gasteiger partial charge in [0, 0.05) is 9.26 Å². The van der Waals surface area contributed by atoms with E-state index in [0.29, 0.717) is 3.57 Å². The van der Waals surface area contributed by atoms with Crippen LogP contribution < -0.4 is 10.5 Å². The van der Waals surface area contributed by atoms with Crippen molar-refractivity contribution in [2.75, 3.05) is 5.73 Å². The lowest BCUT2D eigenvalue weighted by molar-refractivity contribution is 0.0717. The predicted octanol–water partition coefficient (Wildman–Crippen LogP) is 2.55. The number of rotatable bonds is 3. The molecular formula is C13H5F4INO5S-. The van der Waals surface area contributed by atoms with E-state index < -0.39 is 50.0 Å². The number of nitrogen functional groups attached to an aromatic ring is 1. The summed E-state index contributed by atoms with van der Waals surface area (Å²) in [6.45, 7) is 0. The van der Waals surface area contributed by atoms with Gasteiger partial charge in [0.1, 0.15) is 15.0 Å². The summed E-state index contributed by atoms with van der Waals surface area (Å²) in [5.74, 6) is -13.0. The molecule has 0 aromatic heterocycles. The van der Waals surface area contributed by atoms with Crippen LogP contribution in [0.15, 0.2) is 23.1 Å². The minimum Gasteiger partial charge on any atom is -0.744 e. The van der Waals surface area contributed by atoms with Crippen LogP contribution >= 0.6 is 22.6 Å². The molecule has 0 fully saturated rings. The van der Waals surface area contributed by atoms with Crippen LogP contribution in [0.3, 0.4) is 0 Å². The lowest BCUT2D eigenvalue weighted by Crippen LogP contribution is -2.17. The van der Waals surface area contributed by atoms with Gasteiger partial charge in [0.25, 0.3) is 0 Å². The molecule has 0 aliphatic carbocycles. The molecule has 25 heavy (non-hydrogen) atoms. The largest absolute Gasteiger partial charge is 0.744 e. The minimum atomic E-state index is -5.86. The smallest absolute Gasteiger partial charge is 0.345 e. The minimum absolute atomic E-state index is 0.147. The van der Waals surface area contributed by atoms with Crippen molar-refractivity contribution < 1.29 is 40.1 Å². The van der Waals surface area contributed by atoms with Crippen molar-refractivity contribution in [3.63, 3.8) is 0 Å². The zero-order chi connectivity index (χ0) is 19.1. The summed E-state index contributed by atoms with van der Waals surface area (Å²) in [6.07, 6.45) is 0. The maximum Gasteiger partial charge on any atom is 0.345 e. The normalized spacial score (nSPS) is 11.4. The molecule has 2 aromatic carbocycles. The fourth-order valence-electron chi connectivity index (χ4n) is 1.75. The van der Waals surface area contributed by atoms with Crippen molar-refractivity contribution in [3.05, 3.63) is 50.6 Å². The van der Waals surface area contributed by atoms with Gasteiger partial charge in [0.05, 0.1) is 5.56 Å². The summed E-state index contributed by atoms with van der Waals surface area (Å²) in [7, 11) is -5.86. The third kappa shape index (κ3) is 3.69. The number of carbonyl (C=O) groups is 1. The van der Waals surface area contributed by atoms with E-state index in [-0.39, 0.29) is 11.3 Å². The number of ether oxygens (including phenoxy) is 1. The summed E-state index contributed by atoms with van der Waals surface area (Å²) in [4.78, 5) is 9.58. The lowest BCUT2D eigenvalue weighted by atomic mass is 10.2. The number of halogens is 5. The molecule has 2 aromatic rings. The Morgan fingerprint density at radius 3 is 2.08 bits per heavy atom. The van der Waals surface area contributed by atoms with Crippen LogP contribution in [-0.4, -0.2) is 18.9 Å². The van der Waals surface area contributed by atoms with Crippen molar-refractivity contribution >= 4 is 44.4 Å². The molecule has 0 aliphatic heterocycles. The van der Waals surface area contributed by atoms with E-state index in [1.54, 1.807) is 22.6 Å². The van der Waals surface area contributed by atoms with Crippen LogP contribution in [0, 0.1) is 26.8 Å². The number of nitrogens with two attached hydrogens (primary N) is 1. The standard InChI is InChI=1S/C13H6F4INO5S/c14-7-9(16)12(25(21,22)23)10(17)8(15)11(7)24-13(20)5-3-4(18)1-2-6(5)19/h1-3H,19H2,(H,21,22,23)/p-1. The monoisotopic (exact) mass is 490 g/mol. The highest BCUT2D eigenvalue weighted by molar-refractivity contribution is 14.1. The molecule has 0 saturated heterocycles. The van der Waals surface area contributed by atoms with Gasteiger partial charge < -0.3 is 15.0 Å². The fraction of sp³-hybridized carbons (Fsp3) is 0. The van der Waals surface area contributed by atoms with Gasteiger partial charge >= 0.3 is 5.97 Å². The number of hydrogen-bond donors (Lipinski definition) is 1. The molecule has 0 heterocycles. The third-order valence-corrected chi connectivity index (χ3v) is 4.39. The second-order valence-electron chi connectivity index (χ2n) is 4.49. The summed E-state index contributed by atoms with van der Waals surface area (Å²) < 4.78 is 91.8. The van der Waals surface area contributed by atoms with E-state index >= 15 is 0 Å². The summed E-state index contributed by atoms with van der Waals surface area (Å²) in [6, 6.07) is 3.96. The molecule has 0 amide bonds. The van der Waals surface area contributed by atoms with Gasteiger partial charge in [0.2, 0.25) is 17.4 Å². The van der Waals surface area contributed by atoms with Crippen LogP contribution in [0.4, 0.5) is 23.2 Å². The molecule has 0 unspecified atom stereocenters. The van der Waals surface area contributed by atoms with Crippen LogP contribution in [0.2, 0.25) is 0 Å². The lowest BCUT2D eigenvalue weighted by Gasteiger charge is -2.14. The molecule has 134 valence electrons. The number of benzene rings is 2. The second-order valence-corrected chi connectivity index (χ2v) is 7.05. The van der Waals surface area contributed by atoms with Crippen molar-refractivity contribution in [2.45, 2.75) is 4.90 Å². The first-order valence-corrected chi connectivity index (χ1v) is 8.53. The summed E-state index contributed by atoms with van der Waals surface area (Å²) in [5, 5.41) is 0. The highest BCUT2D eigenvalue weighted by Crippen LogP contribution is 2.33. The Morgan fingerprint density at radius 2 is 1.60 bits per heavy atom. The van der Waals surface area contributed by atoms with Gasteiger partial charge in [-0.15, -0.1) is 0 Å². The van der Waals surface area contributed by atoms with Crippen LogP contribution in [0.5, 0.6) is 5.75 Å². The van der Waals surface area contributed by atoms with E-state index in [1.807, 2.05) is 0 Å². The van der Waals surface area contributed by atoms with Gasteiger partial charge in [-0.25, -0.2) is 22.0 Å². The average Bonchev–Trinajstić information content (AvgIpc) is 2.50. The molecule has 0 saturated carbocycles. The third-order valence-electron chi connectivity index (χ3n) is 2.86. The van der Waals surface area contributed by atoms with E-state index in [4.69, 9.17) is 5.73 Å². The summed E-state index contributed by atoms with van der Waals surface area (Å²) >= 11 is 1.79. The van der Waals surface area contributed by atoms with Crippen LogP contribution in [0.1, 0.15) is 10.4 Å². The zero-order valence-corrected chi connectivity index (χ0v) is 14.6. The Hall–Kier alpha value is -1.93. The van der Waals surface area contributed by atoms with Crippen molar-refractivity contribution in [1.82, 2.24) is 0 Å². The molecule has 0 bridgehead atoms. The number of hydrogen-bond acceptors (Lipinski definition) is 6. The van der Waals surface area contributed by atoms with E-state index in [0.717, 1.165) is 0 Å². The van der Waals surface area contributed by atoms with E-state index in [2.05, 4.69) is 4.74 Å². The second kappa shape index (κ2) is 6.76. The SMILES string of the molecule is Nc1ccc(I)cc1C(=O)Oc1c(F)c(F)c(S(=O)(=O)[O-])c(F)c1F. The first-order chi connectivity index (χ1) is 11.4. The highest BCUT2D eigenvalue weighted by atomic mass is 127. The maximum atomic E-state index is 13.8. The Morgan fingerprint density at radius 1 is 1.08 bits per heavy atom. The zero-order valence-electron chi connectivity index (χ0n) is 11.6. The van der Waals surface area contributed by atoms with Gasteiger partial charge in [-0.05, 0) is 40.8 Å². The van der Waals surface area contributed by atoms with Gasteiger partial charge in [-0.2, -0.15) is 8.78 Å². The first-order valence-electron chi connectivity index (χ1n) is 6.04. The van der Waals surface area contributed by atoms with Crippen LogP contribution in [-0.2, 0) is 10.1 Å². The van der Waals surface area contributed by atoms with Crippen molar-refractivity contribution in [2.24, 2.45) is 0 Å². The molecule has 0 spiro atoms. The van der Waals surface area contributed by atoms with Crippen molar-refractivity contribution in [3.8, 4) is 5.75 Å². The Kier molecular flexibility index (Phi) is 5.24. The number of esters is 1. The average molecular weight is 490 g/mol. The Bertz CT molecular complexity index is 967. The topological polar surface area (TPSA) is 110 Å². The quantitative estimate of drug-likeness (QED) is 0.135. The van der Waals surface area contributed by atoms with Crippen molar-refractivity contribution in [1.29, 1.82) is 0 Å². The molecule has 0 radical (unpaired) electrons. The predicted molar refractivity (Wildman–Crippen MR) is 82.8 cm³/mol. The van der Waals surface area contributed by atoms with Gasteiger partial charge in [0.15, 0.2) is 11.6 Å². The maximum absolute atomic E-state index is 13.8. The highest BCUT2D eigenvalue weighted by Gasteiger charge is 2.31. The molecule has 2 N–H and O–H groups in total. The molecule has 2 rings (SSSR count). The molecular weight excluding hydrogens is 485 g/mol. The van der Waals surface area contributed by atoms with E-state index in [1.165, 1.54) is 18.2 Å². The molecule has 0 aliphatic rings. The van der Waals surface area contributed by atoms with Crippen LogP contribution in [0.25, 0.3) is 0 Å².